The van der Waals surface area contributed by atoms with E-state index in [9.17, 15) is 9.59 Å². The van der Waals surface area contributed by atoms with Crippen molar-refractivity contribution in [2.24, 2.45) is 0 Å². The molecule has 1 aliphatic rings. The second-order valence-corrected chi connectivity index (χ2v) is 2.65. The molecule has 0 aliphatic carbocycles. The van der Waals surface area contributed by atoms with Crippen molar-refractivity contribution in [3.63, 3.8) is 0 Å². The molecule has 0 N–H and O–H groups in total. The first-order chi connectivity index (χ1) is 5.13. The van der Waals surface area contributed by atoms with Crippen LogP contribution in [0.4, 0.5) is 0 Å². The van der Waals surface area contributed by atoms with Crippen molar-refractivity contribution in [1.82, 2.24) is 4.90 Å². The quantitative estimate of drug-likeness (QED) is 0.548. The van der Waals surface area contributed by atoms with E-state index in [4.69, 9.17) is 0 Å². The monoisotopic (exact) mass is 153 g/mol. The van der Waals surface area contributed by atoms with E-state index in [1.54, 1.807) is 0 Å². The molecule has 1 saturated heterocycles. The van der Waals surface area contributed by atoms with Crippen LogP contribution in [0.3, 0.4) is 0 Å². The Kier molecular flexibility index (Phi) is 2.08. The summed E-state index contributed by atoms with van der Waals surface area (Å²) in [6, 6.07) is 0. The first-order valence-electron chi connectivity index (χ1n) is 3.63. The van der Waals surface area contributed by atoms with Crippen molar-refractivity contribution in [3.05, 3.63) is 12.3 Å². The fourth-order valence-electron chi connectivity index (χ4n) is 1.12. The van der Waals surface area contributed by atoms with Crippen LogP contribution in [-0.2, 0) is 9.59 Å². The third kappa shape index (κ3) is 1.48. The second-order valence-electron chi connectivity index (χ2n) is 2.65. The van der Waals surface area contributed by atoms with Crippen LogP contribution in [0, 0.1) is 0 Å². The molecule has 1 heterocycles. The van der Waals surface area contributed by atoms with Crippen LogP contribution in [0.5, 0.6) is 0 Å². The van der Waals surface area contributed by atoms with Gasteiger partial charge in [-0.2, -0.15) is 0 Å². The lowest BCUT2D eigenvalue weighted by Crippen LogP contribution is -2.26. The maximum absolute atomic E-state index is 11.0. The lowest BCUT2D eigenvalue weighted by molar-refractivity contribution is -0.128. The zero-order valence-corrected chi connectivity index (χ0v) is 6.59. The zero-order chi connectivity index (χ0) is 8.43. The Balaban J connectivity index is 2.67. The number of carbonyl (C=O) groups excluding carboxylic acids is 2. The van der Waals surface area contributed by atoms with E-state index in [0.29, 0.717) is 18.7 Å². The number of Topliss-reactive ketones (excluding diaryl/α,β-unsaturated/α-hetero) is 1. The second kappa shape index (κ2) is 2.86. The number of amides is 1. The van der Waals surface area contributed by atoms with Gasteiger partial charge in [0, 0.05) is 19.9 Å². The number of allylic oxidation sites excluding steroid dienone is 1. The topological polar surface area (TPSA) is 37.4 Å². The molecular weight excluding hydrogens is 142 g/mol. The summed E-state index contributed by atoms with van der Waals surface area (Å²) in [5.74, 6) is -0.106. The van der Waals surface area contributed by atoms with Crippen molar-refractivity contribution in [2.75, 3.05) is 6.54 Å². The number of rotatable bonds is 2. The molecule has 0 radical (unpaired) electrons. The van der Waals surface area contributed by atoms with Gasteiger partial charge in [0.2, 0.25) is 5.91 Å². The summed E-state index contributed by atoms with van der Waals surface area (Å²) in [6.45, 7) is 5.62. The smallest absolute Gasteiger partial charge is 0.227 e. The van der Waals surface area contributed by atoms with Crippen molar-refractivity contribution < 1.29 is 9.59 Å². The van der Waals surface area contributed by atoms with E-state index >= 15 is 0 Å². The van der Waals surface area contributed by atoms with Crippen molar-refractivity contribution in [1.29, 1.82) is 0 Å². The summed E-state index contributed by atoms with van der Waals surface area (Å²) in [6.07, 6.45) is 1.39. The summed E-state index contributed by atoms with van der Waals surface area (Å²) >= 11 is 0. The number of carbonyl (C=O) groups is 2. The summed E-state index contributed by atoms with van der Waals surface area (Å²) in [4.78, 5) is 23.3. The maximum atomic E-state index is 11.0. The van der Waals surface area contributed by atoms with Gasteiger partial charge in [-0.3, -0.25) is 9.59 Å². The Labute approximate surface area is 65.7 Å². The van der Waals surface area contributed by atoms with Gasteiger partial charge in [-0.25, -0.2) is 0 Å². The van der Waals surface area contributed by atoms with E-state index in [2.05, 4.69) is 6.58 Å². The first kappa shape index (κ1) is 7.98. The summed E-state index contributed by atoms with van der Waals surface area (Å²) in [7, 11) is 0. The predicted octanol–water partition coefficient (Wildman–Crippen LogP) is 0.712. The minimum Gasteiger partial charge on any atom is -0.310 e. The molecule has 1 fully saturated rings. The molecule has 0 aromatic rings. The van der Waals surface area contributed by atoms with Gasteiger partial charge in [0.15, 0.2) is 5.78 Å². The number of likely N-dealkylation sites (tertiary alicyclic amines) is 1. The molecule has 3 nitrogen and oxygen atoms in total. The van der Waals surface area contributed by atoms with E-state index in [1.165, 1.54) is 11.8 Å². The molecule has 1 amide bonds. The Bertz CT molecular complexity index is 220. The van der Waals surface area contributed by atoms with Gasteiger partial charge >= 0.3 is 0 Å². The molecule has 1 rings (SSSR count). The van der Waals surface area contributed by atoms with E-state index in [0.717, 1.165) is 6.42 Å². The highest BCUT2D eigenvalue weighted by Gasteiger charge is 2.23. The molecule has 3 heteroatoms. The molecule has 0 unspecified atom stereocenters. The number of nitrogens with zero attached hydrogens (tertiary/aromatic N) is 1. The van der Waals surface area contributed by atoms with Gasteiger partial charge in [0.25, 0.3) is 0 Å². The van der Waals surface area contributed by atoms with Gasteiger partial charge in [0.05, 0.1) is 5.70 Å². The third-order valence-corrected chi connectivity index (χ3v) is 1.81. The third-order valence-electron chi connectivity index (χ3n) is 1.81. The SMILES string of the molecule is C=C(C(C)=O)N1CCCC1=O. The molecule has 0 saturated carbocycles. The van der Waals surface area contributed by atoms with Crippen LogP contribution < -0.4 is 0 Å². The van der Waals surface area contributed by atoms with Gasteiger partial charge in [0.1, 0.15) is 0 Å². The first-order valence-corrected chi connectivity index (χ1v) is 3.63. The fraction of sp³-hybridized carbons (Fsp3) is 0.500. The van der Waals surface area contributed by atoms with Crippen LogP contribution in [0.2, 0.25) is 0 Å². The Hall–Kier alpha value is -1.12. The highest BCUT2D eigenvalue weighted by atomic mass is 16.2. The predicted molar refractivity (Wildman–Crippen MR) is 40.8 cm³/mol. The van der Waals surface area contributed by atoms with Gasteiger partial charge in [-0.15, -0.1) is 0 Å². The molecule has 0 atom stereocenters. The molecule has 0 aromatic carbocycles. The van der Waals surface area contributed by atoms with E-state index < -0.39 is 0 Å². The van der Waals surface area contributed by atoms with Gasteiger partial charge in [-0.1, -0.05) is 6.58 Å². The van der Waals surface area contributed by atoms with E-state index in [1.807, 2.05) is 0 Å². The summed E-state index contributed by atoms with van der Waals surface area (Å²) < 4.78 is 0. The average molecular weight is 153 g/mol. The average Bonchev–Trinajstić information content (AvgIpc) is 2.33. The highest BCUT2D eigenvalue weighted by molar-refractivity contribution is 5.97. The van der Waals surface area contributed by atoms with Crippen LogP contribution in [0.15, 0.2) is 12.3 Å². The van der Waals surface area contributed by atoms with Crippen LogP contribution in [0.1, 0.15) is 19.8 Å². The highest BCUT2D eigenvalue weighted by Crippen LogP contribution is 2.14. The van der Waals surface area contributed by atoms with Gasteiger partial charge in [-0.05, 0) is 6.42 Å². The molecular formula is C8H11NO2. The molecule has 11 heavy (non-hydrogen) atoms. The normalized spacial score (nSPS) is 17.2. The van der Waals surface area contributed by atoms with Crippen molar-refractivity contribution in [3.8, 4) is 0 Å². The van der Waals surface area contributed by atoms with Crippen LogP contribution in [0.25, 0.3) is 0 Å². The zero-order valence-electron chi connectivity index (χ0n) is 6.59. The van der Waals surface area contributed by atoms with Gasteiger partial charge < -0.3 is 4.90 Å². The number of hydrogen-bond acceptors (Lipinski definition) is 2. The van der Waals surface area contributed by atoms with Crippen molar-refractivity contribution >= 4 is 11.7 Å². The Morgan fingerprint density at radius 2 is 2.27 bits per heavy atom. The van der Waals surface area contributed by atoms with E-state index in [-0.39, 0.29) is 11.7 Å². The Morgan fingerprint density at radius 3 is 2.64 bits per heavy atom. The molecule has 0 aromatic heterocycles. The molecule has 1 aliphatic heterocycles. The Morgan fingerprint density at radius 1 is 1.64 bits per heavy atom. The standard InChI is InChI=1S/C8H11NO2/c1-6(7(2)10)9-5-3-4-8(9)11/h1,3-5H2,2H3. The lowest BCUT2D eigenvalue weighted by atomic mass is 10.3. The van der Waals surface area contributed by atoms with Crippen LogP contribution in [-0.4, -0.2) is 23.1 Å². The number of hydrogen-bond donors (Lipinski definition) is 0. The largest absolute Gasteiger partial charge is 0.310 e. The maximum Gasteiger partial charge on any atom is 0.227 e. The summed E-state index contributed by atoms with van der Waals surface area (Å²) in [5, 5.41) is 0. The minimum absolute atomic E-state index is 0.0187. The van der Waals surface area contributed by atoms with Crippen molar-refractivity contribution in [2.45, 2.75) is 19.8 Å². The van der Waals surface area contributed by atoms with Crippen LogP contribution >= 0.6 is 0 Å². The number of ketones is 1. The molecule has 0 bridgehead atoms. The fourth-order valence-corrected chi connectivity index (χ4v) is 1.12. The molecule has 0 spiro atoms. The molecule has 60 valence electrons. The lowest BCUT2D eigenvalue weighted by Gasteiger charge is -2.15. The minimum atomic E-state index is -0.125. The summed E-state index contributed by atoms with van der Waals surface area (Å²) in [5.41, 5.74) is 0.326.